The number of nitro benzene ring substituents is 1. The number of benzene rings is 2. The highest BCUT2D eigenvalue weighted by atomic mass is 127. The molecule has 0 aliphatic heterocycles. The summed E-state index contributed by atoms with van der Waals surface area (Å²) in [6.45, 7) is 0.488. The van der Waals surface area contributed by atoms with Crippen molar-refractivity contribution in [3.8, 4) is 0 Å². The van der Waals surface area contributed by atoms with E-state index in [2.05, 4.69) is 27.9 Å². The molecule has 1 amide bonds. The zero-order chi connectivity index (χ0) is 15.2. The number of carbonyl (C=O) groups excluding carboxylic acids is 1. The molecule has 0 saturated carbocycles. The summed E-state index contributed by atoms with van der Waals surface area (Å²) >= 11 is 2.16. The van der Waals surface area contributed by atoms with Crippen LogP contribution in [0.1, 0.15) is 15.9 Å². The van der Waals surface area contributed by atoms with Crippen molar-refractivity contribution in [2.75, 3.05) is 6.54 Å². The molecule has 0 aromatic heterocycles. The van der Waals surface area contributed by atoms with Crippen molar-refractivity contribution in [1.82, 2.24) is 5.32 Å². The molecule has 6 heteroatoms. The second kappa shape index (κ2) is 7.16. The Labute approximate surface area is 135 Å². The largest absolute Gasteiger partial charge is 0.352 e. The van der Waals surface area contributed by atoms with Crippen LogP contribution in [-0.2, 0) is 6.42 Å². The summed E-state index contributed by atoms with van der Waals surface area (Å²) in [7, 11) is 0. The van der Waals surface area contributed by atoms with Gasteiger partial charge in [-0.25, -0.2) is 0 Å². The fourth-order valence-electron chi connectivity index (χ4n) is 1.84. The first-order valence-corrected chi connectivity index (χ1v) is 7.41. The number of nitrogens with zero attached hydrogens (tertiary/aromatic N) is 1. The highest BCUT2D eigenvalue weighted by Crippen LogP contribution is 2.12. The average molecular weight is 396 g/mol. The van der Waals surface area contributed by atoms with E-state index >= 15 is 0 Å². The lowest BCUT2D eigenvalue weighted by Gasteiger charge is -2.05. The first-order valence-electron chi connectivity index (χ1n) is 6.33. The third kappa shape index (κ3) is 4.52. The SMILES string of the molecule is O=C(NCCc1ccc([N+](=O)[O-])cc1)c1cccc(I)c1. The molecule has 0 unspecified atom stereocenters. The van der Waals surface area contributed by atoms with Crippen LogP contribution in [0.4, 0.5) is 5.69 Å². The number of hydrogen-bond acceptors (Lipinski definition) is 3. The summed E-state index contributed by atoms with van der Waals surface area (Å²) in [5, 5.41) is 13.4. The Morgan fingerprint density at radius 3 is 2.52 bits per heavy atom. The van der Waals surface area contributed by atoms with E-state index in [0.29, 0.717) is 18.5 Å². The number of non-ortho nitro benzene ring substituents is 1. The first kappa shape index (κ1) is 15.4. The smallest absolute Gasteiger partial charge is 0.269 e. The second-order valence-corrected chi connectivity index (χ2v) is 5.69. The molecule has 0 saturated heterocycles. The summed E-state index contributed by atoms with van der Waals surface area (Å²) in [4.78, 5) is 22.0. The van der Waals surface area contributed by atoms with Crippen molar-refractivity contribution < 1.29 is 9.72 Å². The van der Waals surface area contributed by atoms with Crippen LogP contribution >= 0.6 is 22.6 Å². The van der Waals surface area contributed by atoms with Crippen LogP contribution in [0.3, 0.4) is 0 Å². The standard InChI is InChI=1S/C15H13IN2O3/c16-13-3-1-2-12(10-13)15(19)17-9-8-11-4-6-14(7-5-11)18(20)21/h1-7,10H,8-9H2,(H,17,19). The molecule has 0 bridgehead atoms. The maximum Gasteiger partial charge on any atom is 0.269 e. The van der Waals surface area contributed by atoms with Gasteiger partial charge in [-0.3, -0.25) is 14.9 Å². The zero-order valence-electron chi connectivity index (χ0n) is 11.1. The van der Waals surface area contributed by atoms with E-state index in [-0.39, 0.29) is 11.6 Å². The summed E-state index contributed by atoms with van der Waals surface area (Å²) in [6, 6.07) is 13.7. The molecule has 108 valence electrons. The first-order chi connectivity index (χ1) is 10.1. The number of nitro groups is 1. The summed E-state index contributed by atoms with van der Waals surface area (Å²) < 4.78 is 1.01. The van der Waals surface area contributed by atoms with Crippen LogP contribution in [0.2, 0.25) is 0 Å². The minimum atomic E-state index is -0.428. The van der Waals surface area contributed by atoms with Crippen molar-refractivity contribution in [3.63, 3.8) is 0 Å². The summed E-state index contributed by atoms with van der Waals surface area (Å²) in [5.74, 6) is -0.115. The summed E-state index contributed by atoms with van der Waals surface area (Å²) in [5.41, 5.74) is 1.65. The molecule has 0 fully saturated rings. The van der Waals surface area contributed by atoms with Crippen molar-refractivity contribution in [1.29, 1.82) is 0 Å². The Morgan fingerprint density at radius 2 is 1.90 bits per heavy atom. The van der Waals surface area contributed by atoms with Crippen LogP contribution in [0.5, 0.6) is 0 Å². The Kier molecular flexibility index (Phi) is 5.26. The van der Waals surface area contributed by atoms with Gasteiger partial charge < -0.3 is 5.32 Å². The lowest BCUT2D eigenvalue weighted by Crippen LogP contribution is -2.25. The third-order valence-electron chi connectivity index (χ3n) is 2.93. The van der Waals surface area contributed by atoms with E-state index < -0.39 is 4.92 Å². The predicted molar refractivity (Wildman–Crippen MR) is 88.3 cm³/mol. The van der Waals surface area contributed by atoms with E-state index in [9.17, 15) is 14.9 Å². The topological polar surface area (TPSA) is 72.2 Å². The van der Waals surface area contributed by atoms with Crippen LogP contribution in [0, 0.1) is 13.7 Å². The normalized spacial score (nSPS) is 10.1. The minimum Gasteiger partial charge on any atom is -0.352 e. The molecule has 2 aromatic rings. The van der Waals surface area contributed by atoms with Gasteiger partial charge in [0.1, 0.15) is 0 Å². The molecule has 0 radical (unpaired) electrons. The molecule has 0 aliphatic carbocycles. The molecule has 1 N–H and O–H groups in total. The molecule has 21 heavy (non-hydrogen) atoms. The van der Waals surface area contributed by atoms with Gasteiger partial charge in [0.15, 0.2) is 0 Å². The van der Waals surface area contributed by atoms with Gasteiger partial charge in [-0.05, 0) is 52.8 Å². The number of amides is 1. The highest BCUT2D eigenvalue weighted by Gasteiger charge is 2.06. The fourth-order valence-corrected chi connectivity index (χ4v) is 2.38. The lowest BCUT2D eigenvalue weighted by atomic mass is 10.1. The van der Waals surface area contributed by atoms with Crippen molar-refractivity contribution in [2.45, 2.75) is 6.42 Å². The number of halogens is 1. The van der Waals surface area contributed by atoms with Crippen molar-refractivity contribution >= 4 is 34.2 Å². The molecule has 0 aliphatic rings. The number of hydrogen-bond donors (Lipinski definition) is 1. The van der Waals surface area contributed by atoms with Crippen molar-refractivity contribution in [3.05, 3.63) is 73.3 Å². The van der Waals surface area contributed by atoms with Crippen LogP contribution in [0.15, 0.2) is 48.5 Å². The van der Waals surface area contributed by atoms with Gasteiger partial charge in [-0.15, -0.1) is 0 Å². The average Bonchev–Trinajstić information content (AvgIpc) is 2.47. The van der Waals surface area contributed by atoms with Crippen molar-refractivity contribution in [2.24, 2.45) is 0 Å². The quantitative estimate of drug-likeness (QED) is 0.480. The van der Waals surface area contributed by atoms with Gasteiger partial charge in [0.2, 0.25) is 0 Å². The van der Waals surface area contributed by atoms with Gasteiger partial charge in [0, 0.05) is 27.8 Å². The van der Waals surface area contributed by atoms with Gasteiger partial charge in [-0.2, -0.15) is 0 Å². The zero-order valence-corrected chi connectivity index (χ0v) is 13.2. The van der Waals surface area contributed by atoms with E-state index in [4.69, 9.17) is 0 Å². The maximum atomic E-state index is 11.9. The Bertz CT molecular complexity index is 656. The molecular weight excluding hydrogens is 383 g/mol. The van der Waals surface area contributed by atoms with Crippen LogP contribution < -0.4 is 5.32 Å². The highest BCUT2D eigenvalue weighted by molar-refractivity contribution is 14.1. The lowest BCUT2D eigenvalue weighted by molar-refractivity contribution is -0.384. The molecular formula is C15H13IN2O3. The molecule has 0 heterocycles. The third-order valence-corrected chi connectivity index (χ3v) is 3.60. The van der Waals surface area contributed by atoms with Gasteiger partial charge >= 0.3 is 0 Å². The predicted octanol–water partition coefficient (Wildman–Crippen LogP) is 3.17. The Balaban J connectivity index is 1.86. The molecule has 0 spiro atoms. The molecule has 5 nitrogen and oxygen atoms in total. The molecule has 2 aromatic carbocycles. The monoisotopic (exact) mass is 396 g/mol. The number of nitrogens with one attached hydrogen (secondary N) is 1. The van der Waals surface area contributed by atoms with E-state index in [1.54, 1.807) is 18.2 Å². The van der Waals surface area contributed by atoms with Crippen LogP contribution in [0.25, 0.3) is 0 Å². The Morgan fingerprint density at radius 1 is 1.19 bits per heavy atom. The van der Waals surface area contributed by atoms with Gasteiger partial charge in [-0.1, -0.05) is 18.2 Å². The minimum absolute atomic E-state index is 0.0710. The van der Waals surface area contributed by atoms with E-state index in [1.807, 2.05) is 18.2 Å². The number of rotatable bonds is 5. The molecule has 2 rings (SSSR count). The van der Waals surface area contributed by atoms with E-state index in [1.165, 1.54) is 12.1 Å². The van der Waals surface area contributed by atoms with Crippen LogP contribution in [-0.4, -0.2) is 17.4 Å². The summed E-state index contributed by atoms with van der Waals surface area (Å²) in [6.07, 6.45) is 0.633. The van der Waals surface area contributed by atoms with Gasteiger partial charge in [0.25, 0.3) is 11.6 Å². The Hall–Kier alpha value is -1.96. The number of carbonyl (C=O) groups is 1. The maximum absolute atomic E-state index is 11.9. The fraction of sp³-hybridized carbons (Fsp3) is 0.133. The molecule has 0 atom stereocenters. The van der Waals surface area contributed by atoms with E-state index in [0.717, 1.165) is 9.13 Å². The second-order valence-electron chi connectivity index (χ2n) is 4.44. The van der Waals surface area contributed by atoms with Gasteiger partial charge in [0.05, 0.1) is 4.92 Å².